The summed E-state index contributed by atoms with van der Waals surface area (Å²) in [7, 11) is 0. The van der Waals surface area contributed by atoms with E-state index < -0.39 is 0 Å². The number of hydrogen-bond donors (Lipinski definition) is 1. The third-order valence-electron chi connectivity index (χ3n) is 5.01. The average Bonchev–Trinajstić information content (AvgIpc) is 3.09. The van der Waals surface area contributed by atoms with Crippen LogP contribution in [0, 0.1) is 12.7 Å². The van der Waals surface area contributed by atoms with Crippen LogP contribution in [0.15, 0.2) is 42.5 Å². The highest BCUT2D eigenvalue weighted by atomic mass is 32.2. The minimum Gasteiger partial charge on any atom is -0.326 e. The summed E-state index contributed by atoms with van der Waals surface area (Å²) in [5, 5.41) is 2.71. The zero-order valence-corrected chi connectivity index (χ0v) is 17.7. The molecule has 2 aromatic carbocycles. The van der Waals surface area contributed by atoms with Gasteiger partial charge in [0.05, 0.1) is 5.75 Å². The van der Waals surface area contributed by atoms with Crippen LogP contribution in [-0.4, -0.2) is 17.6 Å². The molecule has 1 heterocycles. The topological polar surface area (TPSA) is 49.4 Å². The Bertz CT molecular complexity index is 887. The molecule has 0 spiro atoms. The molecule has 2 aromatic rings. The van der Waals surface area contributed by atoms with Crippen molar-refractivity contribution >= 4 is 35.0 Å². The molecule has 0 bridgehead atoms. The summed E-state index contributed by atoms with van der Waals surface area (Å²) in [5.74, 6) is -0.0247. The van der Waals surface area contributed by atoms with Crippen LogP contribution in [0.4, 0.5) is 15.8 Å². The number of halogens is 1. The molecule has 1 aliphatic rings. The van der Waals surface area contributed by atoms with Gasteiger partial charge in [0.25, 0.3) is 0 Å². The van der Waals surface area contributed by atoms with Crippen molar-refractivity contribution in [2.75, 3.05) is 16.0 Å². The molecular formula is C23H27FN2O2S. The first kappa shape index (κ1) is 21.4. The van der Waals surface area contributed by atoms with Crippen molar-refractivity contribution in [3.05, 3.63) is 59.4 Å². The smallest absolute Gasteiger partial charge is 0.238 e. The predicted molar refractivity (Wildman–Crippen MR) is 118 cm³/mol. The monoisotopic (exact) mass is 414 g/mol. The number of carbonyl (C=O) groups is 2. The van der Waals surface area contributed by atoms with Crippen LogP contribution in [0.5, 0.6) is 0 Å². The van der Waals surface area contributed by atoms with E-state index >= 15 is 0 Å². The quantitative estimate of drug-likeness (QED) is 0.554. The molecule has 1 atom stereocenters. The molecule has 0 radical (unpaired) electrons. The Morgan fingerprint density at radius 3 is 2.79 bits per heavy atom. The normalized spacial score (nSPS) is 16.3. The Morgan fingerprint density at radius 1 is 1.21 bits per heavy atom. The van der Waals surface area contributed by atoms with E-state index in [-0.39, 0.29) is 23.0 Å². The van der Waals surface area contributed by atoms with Gasteiger partial charge in [0, 0.05) is 17.8 Å². The third-order valence-corrected chi connectivity index (χ3v) is 6.23. The lowest BCUT2D eigenvalue weighted by atomic mass is 10.1. The van der Waals surface area contributed by atoms with E-state index in [9.17, 15) is 14.0 Å². The number of hydrogen-bond acceptors (Lipinski definition) is 3. The number of anilines is 2. The van der Waals surface area contributed by atoms with Crippen LogP contribution in [-0.2, 0) is 9.59 Å². The Balaban J connectivity index is 1.74. The molecule has 2 amide bonds. The van der Waals surface area contributed by atoms with Crippen LogP contribution in [0.25, 0.3) is 0 Å². The molecular weight excluding hydrogens is 387 g/mol. The van der Waals surface area contributed by atoms with E-state index in [0.717, 1.165) is 36.9 Å². The minimum atomic E-state index is -0.324. The zero-order chi connectivity index (χ0) is 20.8. The SMILES string of the molecule is CCCCCCC(=O)Nc1cccc(C2SCC(=O)N2c2ccc(C)c(F)c2)c1. The standard InChI is InChI=1S/C23H27FN2O2S/c1-3-4-5-6-10-21(27)25-18-9-7-8-17(13-18)23-26(22(28)15-29-23)19-12-11-16(2)20(24)14-19/h7-9,11-14,23H,3-6,10,15H2,1-2H3,(H,25,27). The lowest BCUT2D eigenvalue weighted by molar-refractivity contribution is -0.117. The largest absolute Gasteiger partial charge is 0.326 e. The van der Waals surface area contributed by atoms with Gasteiger partial charge in [-0.2, -0.15) is 0 Å². The highest BCUT2D eigenvalue weighted by Gasteiger charge is 2.34. The van der Waals surface area contributed by atoms with E-state index in [4.69, 9.17) is 0 Å². The second kappa shape index (κ2) is 9.92. The molecule has 1 unspecified atom stereocenters. The van der Waals surface area contributed by atoms with E-state index in [0.29, 0.717) is 23.4 Å². The molecule has 1 N–H and O–H groups in total. The van der Waals surface area contributed by atoms with Gasteiger partial charge in [-0.25, -0.2) is 4.39 Å². The molecule has 6 heteroatoms. The Kier molecular flexibility index (Phi) is 7.31. The van der Waals surface area contributed by atoms with Crippen LogP contribution in [0.2, 0.25) is 0 Å². The predicted octanol–water partition coefficient (Wildman–Crippen LogP) is 5.82. The Morgan fingerprint density at radius 2 is 2.03 bits per heavy atom. The first-order valence-electron chi connectivity index (χ1n) is 10.1. The van der Waals surface area contributed by atoms with E-state index in [1.54, 1.807) is 24.0 Å². The molecule has 1 saturated heterocycles. The lowest BCUT2D eigenvalue weighted by Gasteiger charge is -2.25. The fourth-order valence-corrected chi connectivity index (χ4v) is 4.55. The fraction of sp³-hybridized carbons (Fsp3) is 0.391. The van der Waals surface area contributed by atoms with Gasteiger partial charge in [-0.05, 0) is 48.7 Å². The summed E-state index contributed by atoms with van der Waals surface area (Å²) < 4.78 is 14.1. The van der Waals surface area contributed by atoms with Crippen molar-refractivity contribution < 1.29 is 14.0 Å². The molecule has 0 saturated carbocycles. The van der Waals surface area contributed by atoms with Crippen molar-refractivity contribution in [1.82, 2.24) is 0 Å². The molecule has 0 aromatic heterocycles. The van der Waals surface area contributed by atoms with Crippen molar-refractivity contribution in [3.8, 4) is 0 Å². The first-order valence-corrected chi connectivity index (χ1v) is 11.1. The number of unbranched alkanes of at least 4 members (excludes halogenated alkanes) is 3. The van der Waals surface area contributed by atoms with Crippen molar-refractivity contribution in [1.29, 1.82) is 0 Å². The molecule has 1 fully saturated rings. The lowest BCUT2D eigenvalue weighted by Crippen LogP contribution is -2.28. The van der Waals surface area contributed by atoms with Crippen LogP contribution < -0.4 is 10.2 Å². The molecule has 29 heavy (non-hydrogen) atoms. The number of aryl methyl sites for hydroxylation is 1. The number of nitrogens with one attached hydrogen (secondary N) is 1. The first-order chi connectivity index (χ1) is 14.0. The number of benzene rings is 2. The second-order valence-electron chi connectivity index (χ2n) is 7.34. The van der Waals surface area contributed by atoms with E-state index in [1.165, 1.54) is 17.8 Å². The molecule has 3 rings (SSSR count). The van der Waals surface area contributed by atoms with Crippen LogP contribution in [0.3, 0.4) is 0 Å². The summed E-state index contributed by atoms with van der Waals surface area (Å²) in [6.07, 6.45) is 4.75. The van der Waals surface area contributed by atoms with Crippen molar-refractivity contribution in [3.63, 3.8) is 0 Å². The molecule has 154 valence electrons. The fourth-order valence-electron chi connectivity index (χ4n) is 3.39. The molecule has 0 aliphatic carbocycles. The number of carbonyl (C=O) groups excluding carboxylic acids is 2. The van der Waals surface area contributed by atoms with Gasteiger partial charge >= 0.3 is 0 Å². The van der Waals surface area contributed by atoms with Gasteiger partial charge in [-0.15, -0.1) is 11.8 Å². The number of thioether (sulfide) groups is 1. The molecule has 1 aliphatic heterocycles. The van der Waals surface area contributed by atoms with Crippen LogP contribution >= 0.6 is 11.8 Å². The Hall–Kier alpha value is -2.34. The van der Waals surface area contributed by atoms with Gasteiger partial charge in [0.15, 0.2) is 0 Å². The van der Waals surface area contributed by atoms with E-state index in [2.05, 4.69) is 12.2 Å². The maximum atomic E-state index is 14.1. The van der Waals surface area contributed by atoms with Gasteiger partial charge in [-0.1, -0.05) is 44.4 Å². The minimum absolute atomic E-state index is 0.00543. The zero-order valence-electron chi connectivity index (χ0n) is 16.9. The van der Waals surface area contributed by atoms with Crippen molar-refractivity contribution in [2.24, 2.45) is 0 Å². The number of amides is 2. The molecule has 4 nitrogen and oxygen atoms in total. The van der Waals surface area contributed by atoms with Gasteiger partial charge in [0.2, 0.25) is 11.8 Å². The van der Waals surface area contributed by atoms with E-state index in [1.807, 2.05) is 24.3 Å². The summed E-state index contributed by atoms with van der Waals surface area (Å²) in [5.41, 5.74) is 2.73. The maximum absolute atomic E-state index is 14.1. The number of nitrogens with zero attached hydrogens (tertiary/aromatic N) is 1. The number of rotatable bonds is 8. The summed E-state index contributed by atoms with van der Waals surface area (Å²) >= 11 is 1.50. The third kappa shape index (κ3) is 5.38. The highest BCUT2D eigenvalue weighted by Crippen LogP contribution is 2.42. The summed E-state index contributed by atoms with van der Waals surface area (Å²) in [4.78, 5) is 26.3. The van der Waals surface area contributed by atoms with Gasteiger partial charge in [-0.3, -0.25) is 14.5 Å². The maximum Gasteiger partial charge on any atom is 0.238 e. The van der Waals surface area contributed by atoms with Crippen LogP contribution in [0.1, 0.15) is 55.5 Å². The summed E-state index contributed by atoms with van der Waals surface area (Å²) in [6, 6.07) is 12.4. The van der Waals surface area contributed by atoms with Crippen molar-refractivity contribution in [2.45, 2.75) is 51.3 Å². The highest BCUT2D eigenvalue weighted by molar-refractivity contribution is 8.00. The Labute approximate surface area is 175 Å². The average molecular weight is 415 g/mol. The van der Waals surface area contributed by atoms with Gasteiger partial charge < -0.3 is 5.32 Å². The summed E-state index contributed by atoms with van der Waals surface area (Å²) in [6.45, 7) is 3.84. The van der Waals surface area contributed by atoms with Gasteiger partial charge in [0.1, 0.15) is 11.2 Å². The second-order valence-corrected chi connectivity index (χ2v) is 8.41.